The molecule has 5 nitrogen and oxygen atoms in total. The van der Waals surface area contributed by atoms with Gasteiger partial charge in [0.2, 0.25) is 5.88 Å². The van der Waals surface area contributed by atoms with Crippen LogP contribution in [0.4, 0.5) is 4.39 Å². The van der Waals surface area contributed by atoms with Gasteiger partial charge in [-0.2, -0.15) is 0 Å². The highest BCUT2D eigenvalue weighted by Crippen LogP contribution is 2.45. The Labute approximate surface area is 180 Å². The third-order valence-corrected chi connectivity index (χ3v) is 5.96. The van der Waals surface area contributed by atoms with Gasteiger partial charge in [0.1, 0.15) is 5.82 Å². The molecule has 0 amide bonds. The summed E-state index contributed by atoms with van der Waals surface area (Å²) in [5.41, 5.74) is 1.81. The fourth-order valence-electron chi connectivity index (χ4n) is 3.53. The standard InChI is InChI=1S/C24H15FN2O3S/c25-16-11-12-17-18(13-16)31-24(26-17)27-20(14-7-3-1-4-8-14)19(22(29)23(27)30)21(28)15-9-5-2-6-10-15/h1-13,29-30H. The first-order chi connectivity index (χ1) is 15.0. The summed E-state index contributed by atoms with van der Waals surface area (Å²) in [7, 11) is 0. The van der Waals surface area contributed by atoms with Crippen molar-refractivity contribution in [1.82, 2.24) is 9.55 Å². The number of nitrogens with zero attached hydrogens (tertiary/aromatic N) is 2. The van der Waals surface area contributed by atoms with Gasteiger partial charge in [-0.3, -0.25) is 9.36 Å². The smallest absolute Gasteiger partial charge is 0.242 e. The molecule has 31 heavy (non-hydrogen) atoms. The molecule has 0 saturated heterocycles. The van der Waals surface area contributed by atoms with E-state index in [0.29, 0.717) is 32.2 Å². The van der Waals surface area contributed by atoms with Crippen molar-refractivity contribution in [2.24, 2.45) is 0 Å². The van der Waals surface area contributed by atoms with Crippen molar-refractivity contribution in [2.45, 2.75) is 0 Å². The molecule has 0 saturated carbocycles. The molecule has 152 valence electrons. The van der Waals surface area contributed by atoms with Gasteiger partial charge in [-0.15, -0.1) is 0 Å². The van der Waals surface area contributed by atoms with Gasteiger partial charge in [0.25, 0.3) is 0 Å². The fourth-order valence-corrected chi connectivity index (χ4v) is 4.53. The van der Waals surface area contributed by atoms with Gasteiger partial charge in [-0.25, -0.2) is 9.37 Å². The van der Waals surface area contributed by atoms with Crippen molar-refractivity contribution in [3.05, 3.63) is 95.8 Å². The maximum Gasteiger partial charge on any atom is 0.242 e. The number of aromatic hydroxyl groups is 2. The molecule has 5 aromatic rings. The topological polar surface area (TPSA) is 75.3 Å². The third-order valence-electron chi connectivity index (χ3n) is 4.96. The van der Waals surface area contributed by atoms with Gasteiger partial charge in [-0.1, -0.05) is 72.0 Å². The summed E-state index contributed by atoms with van der Waals surface area (Å²) in [5.74, 6) is -1.86. The van der Waals surface area contributed by atoms with Crippen LogP contribution in [-0.4, -0.2) is 25.5 Å². The Kier molecular flexibility index (Phi) is 4.52. The number of hydrogen-bond acceptors (Lipinski definition) is 5. The van der Waals surface area contributed by atoms with E-state index < -0.39 is 23.2 Å². The van der Waals surface area contributed by atoms with E-state index in [4.69, 9.17) is 0 Å². The number of ketones is 1. The number of benzene rings is 3. The summed E-state index contributed by atoms with van der Waals surface area (Å²) in [6, 6.07) is 21.7. The number of carbonyl (C=O) groups is 1. The Morgan fingerprint density at radius 1 is 0.935 bits per heavy atom. The molecule has 0 aliphatic heterocycles. The molecule has 0 aliphatic rings. The Morgan fingerprint density at radius 2 is 1.61 bits per heavy atom. The number of hydrogen-bond donors (Lipinski definition) is 2. The number of rotatable bonds is 4. The fraction of sp³-hybridized carbons (Fsp3) is 0. The normalized spacial score (nSPS) is 11.1. The van der Waals surface area contributed by atoms with Gasteiger partial charge in [-0.05, 0) is 23.8 Å². The Hall–Kier alpha value is -3.97. The number of halogens is 1. The molecule has 5 rings (SSSR count). The molecule has 0 atom stereocenters. The van der Waals surface area contributed by atoms with E-state index in [-0.39, 0.29) is 5.56 Å². The zero-order valence-electron chi connectivity index (χ0n) is 16.0. The molecule has 3 aromatic carbocycles. The minimum Gasteiger partial charge on any atom is -0.503 e. The molecule has 0 fully saturated rings. The third kappa shape index (κ3) is 3.15. The van der Waals surface area contributed by atoms with Crippen molar-refractivity contribution < 1.29 is 19.4 Å². The van der Waals surface area contributed by atoms with Crippen LogP contribution < -0.4 is 0 Å². The summed E-state index contributed by atoms with van der Waals surface area (Å²) >= 11 is 1.15. The quantitative estimate of drug-likeness (QED) is 0.367. The minimum absolute atomic E-state index is 0.0275. The van der Waals surface area contributed by atoms with Crippen LogP contribution in [0.15, 0.2) is 78.9 Å². The monoisotopic (exact) mass is 430 g/mol. The SMILES string of the molecule is O=C(c1ccccc1)c1c(O)c(O)n(-c2nc3ccc(F)cc3s2)c1-c1ccccc1. The van der Waals surface area contributed by atoms with Crippen LogP contribution in [0.1, 0.15) is 15.9 Å². The van der Waals surface area contributed by atoms with E-state index >= 15 is 0 Å². The van der Waals surface area contributed by atoms with Gasteiger partial charge >= 0.3 is 0 Å². The lowest BCUT2D eigenvalue weighted by Gasteiger charge is -2.09. The largest absolute Gasteiger partial charge is 0.503 e. The molecule has 0 bridgehead atoms. The van der Waals surface area contributed by atoms with Crippen molar-refractivity contribution in [3.63, 3.8) is 0 Å². The maximum absolute atomic E-state index is 13.7. The predicted octanol–water partition coefficient (Wildman–Crippen LogP) is 5.54. The van der Waals surface area contributed by atoms with Crippen LogP contribution in [0.5, 0.6) is 11.6 Å². The second kappa shape index (κ2) is 7.37. The van der Waals surface area contributed by atoms with Crippen LogP contribution in [0, 0.1) is 5.82 Å². The molecule has 0 spiro atoms. The lowest BCUT2D eigenvalue weighted by molar-refractivity contribution is 0.103. The number of thiazole rings is 1. The zero-order chi connectivity index (χ0) is 21.5. The van der Waals surface area contributed by atoms with Crippen molar-refractivity contribution in [1.29, 1.82) is 0 Å². The molecule has 2 N–H and O–H groups in total. The molecule has 2 heterocycles. The first-order valence-corrected chi connectivity index (χ1v) is 10.2. The Morgan fingerprint density at radius 3 is 2.32 bits per heavy atom. The van der Waals surface area contributed by atoms with Crippen molar-refractivity contribution in [2.75, 3.05) is 0 Å². The highest BCUT2D eigenvalue weighted by atomic mass is 32.1. The first kappa shape index (κ1) is 19.0. The average Bonchev–Trinajstić information content (AvgIpc) is 3.32. The number of fused-ring (bicyclic) bond motifs is 1. The van der Waals surface area contributed by atoms with Crippen molar-refractivity contribution >= 4 is 27.3 Å². The molecule has 0 unspecified atom stereocenters. The molecule has 0 aliphatic carbocycles. The van der Waals surface area contributed by atoms with Gasteiger partial charge < -0.3 is 10.2 Å². The lowest BCUT2D eigenvalue weighted by Crippen LogP contribution is -2.04. The summed E-state index contributed by atoms with van der Waals surface area (Å²) in [6.07, 6.45) is 0. The van der Waals surface area contributed by atoms with E-state index in [9.17, 15) is 19.4 Å². The highest BCUT2D eigenvalue weighted by Gasteiger charge is 2.30. The van der Waals surface area contributed by atoms with Crippen molar-refractivity contribution in [3.8, 4) is 28.0 Å². The van der Waals surface area contributed by atoms with E-state index in [0.717, 1.165) is 11.3 Å². The molecular formula is C24H15FN2O3S. The lowest BCUT2D eigenvalue weighted by atomic mass is 9.99. The maximum atomic E-state index is 13.7. The van der Waals surface area contributed by atoms with Gasteiger partial charge in [0, 0.05) is 5.56 Å². The van der Waals surface area contributed by atoms with Gasteiger partial charge in [0.05, 0.1) is 21.5 Å². The average molecular weight is 430 g/mol. The summed E-state index contributed by atoms with van der Waals surface area (Å²) in [4.78, 5) is 17.8. The Balaban J connectivity index is 1.81. The van der Waals surface area contributed by atoms with Crippen LogP contribution in [0.3, 0.4) is 0 Å². The first-order valence-electron chi connectivity index (χ1n) is 9.43. The van der Waals surface area contributed by atoms with Gasteiger partial charge in [0.15, 0.2) is 16.7 Å². The van der Waals surface area contributed by atoms with E-state index in [1.165, 1.54) is 16.7 Å². The second-order valence-corrected chi connectivity index (χ2v) is 7.91. The summed E-state index contributed by atoms with van der Waals surface area (Å²) < 4.78 is 15.6. The predicted molar refractivity (Wildman–Crippen MR) is 118 cm³/mol. The van der Waals surface area contributed by atoms with E-state index in [1.54, 1.807) is 60.7 Å². The van der Waals surface area contributed by atoms with Crippen LogP contribution in [0.2, 0.25) is 0 Å². The summed E-state index contributed by atoms with van der Waals surface area (Å²) in [5, 5.41) is 21.9. The van der Waals surface area contributed by atoms with Crippen LogP contribution in [-0.2, 0) is 0 Å². The zero-order valence-corrected chi connectivity index (χ0v) is 16.8. The van der Waals surface area contributed by atoms with Crippen LogP contribution >= 0.6 is 11.3 Å². The van der Waals surface area contributed by atoms with E-state index in [1.807, 2.05) is 6.07 Å². The Bertz CT molecular complexity index is 1430. The molecule has 0 radical (unpaired) electrons. The number of aromatic nitrogens is 2. The second-order valence-electron chi connectivity index (χ2n) is 6.90. The molecule has 2 aromatic heterocycles. The number of carbonyl (C=O) groups excluding carboxylic acids is 1. The van der Waals surface area contributed by atoms with E-state index in [2.05, 4.69) is 4.98 Å². The van der Waals surface area contributed by atoms with Crippen LogP contribution in [0.25, 0.3) is 26.6 Å². The molecule has 7 heteroatoms. The molecular weight excluding hydrogens is 415 g/mol. The summed E-state index contributed by atoms with van der Waals surface area (Å²) in [6.45, 7) is 0. The highest BCUT2D eigenvalue weighted by molar-refractivity contribution is 7.20. The minimum atomic E-state index is -0.529.